The van der Waals surface area contributed by atoms with Gasteiger partial charge in [-0.3, -0.25) is 0 Å². The molecule has 2 rings (SSSR count). The highest BCUT2D eigenvalue weighted by Crippen LogP contribution is 2.27. The van der Waals surface area contributed by atoms with Crippen molar-refractivity contribution in [1.29, 1.82) is 0 Å². The van der Waals surface area contributed by atoms with Crippen LogP contribution in [0.25, 0.3) is 0 Å². The van der Waals surface area contributed by atoms with Gasteiger partial charge in [0.15, 0.2) is 0 Å². The Labute approximate surface area is 126 Å². The highest BCUT2D eigenvalue weighted by Gasteiger charge is 2.19. The zero-order valence-corrected chi connectivity index (χ0v) is 13.7. The van der Waals surface area contributed by atoms with Gasteiger partial charge in [0, 0.05) is 16.6 Å². The molecule has 1 aromatic carbocycles. The van der Waals surface area contributed by atoms with Crippen LogP contribution in [0.5, 0.6) is 0 Å². The number of halogens is 1. The molecule has 1 N–H and O–H groups in total. The second-order valence-electron chi connectivity index (χ2n) is 5.92. The third-order valence-corrected chi connectivity index (χ3v) is 5.05. The molecular weight excluding hydrogens is 298 g/mol. The lowest BCUT2D eigenvalue weighted by Crippen LogP contribution is -2.31. The lowest BCUT2D eigenvalue weighted by molar-refractivity contribution is 0.400. The van der Waals surface area contributed by atoms with Crippen molar-refractivity contribution >= 4 is 15.9 Å². The van der Waals surface area contributed by atoms with Crippen molar-refractivity contribution in [1.82, 2.24) is 5.32 Å². The standard InChI is InChI=1S/C17H26BrN/c1-3-14-5-4-6-17(12-7-14)19-13(2)15-8-10-16(18)11-9-15/h8-11,13-14,17,19H,3-7,12H2,1-2H3/t13-,14?,17?/m1/s1. The molecule has 0 aliphatic heterocycles. The van der Waals surface area contributed by atoms with Gasteiger partial charge in [0.2, 0.25) is 0 Å². The van der Waals surface area contributed by atoms with Crippen LogP contribution in [0, 0.1) is 5.92 Å². The monoisotopic (exact) mass is 323 g/mol. The van der Waals surface area contributed by atoms with E-state index < -0.39 is 0 Å². The minimum atomic E-state index is 0.455. The summed E-state index contributed by atoms with van der Waals surface area (Å²) in [7, 11) is 0. The van der Waals surface area contributed by atoms with E-state index in [2.05, 4.69) is 59.4 Å². The smallest absolute Gasteiger partial charge is 0.0294 e. The first kappa shape index (κ1) is 15.1. The molecular formula is C17H26BrN. The molecule has 3 atom stereocenters. The molecule has 0 heterocycles. The molecule has 19 heavy (non-hydrogen) atoms. The summed E-state index contributed by atoms with van der Waals surface area (Å²) in [6, 6.07) is 9.86. The molecule has 0 amide bonds. The maximum atomic E-state index is 3.82. The van der Waals surface area contributed by atoms with Crippen LogP contribution in [0.3, 0.4) is 0 Å². The summed E-state index contributed by atoms with van der Waals surface area (Å²) in [4.78, 5) is 0. The fraction of sp³-hybridized carbons (Fsp3) is 0.647. The van der Waals surface area contributed by atoms with E-state index in [1.54, 1.807) is 0 Å². The molecule has 2 heteroatoms. The molecule has 1 saturated carbocycles. The second-order valence-corrected chi connectivity index (χ2v) is 6.84. The van der Waals surface area contributed by atoms with Gasteiger partial charge in [-0.25, -0.2) is 0 Å². The minimum absolute atomic E-state index is 0.455. The Balaban J connectivity index is 1.88. The van der Waals surface area contributed by atoms with Crippen molar-refractivity contribution in [2.75, 3.05) is 0 Å². The van der Waals surface area contributed by atoms with Crippen molar-refractivity contribution in [3.05, 3.63) is 34.3 Å². The lowest BCUT2D eigenvalue weighted by Gasteiger charge is -2.22. The highest BCUT2D eigenvalue weighted by molar-refractivity contribution is 9.10. The zero-order chi connectivity index (χ0) is 13.7. The Morgan fingerprint density at radius 2 is 1.89 bits per heavy atom. The van der Waals surface area contributed by atoms with E-state index >= 15 is 0 Å². The Morgan fingerprint density at radius 1 is 1.16 bits per heavy atom. The molecule has 0 radical (unpaired) electrons. The van der Waals surface area contributed by atoms with Gasteiger partial charge in [0.1, 0.15) is 0 Å². The van der Waals surface area contributed by atoms with Gasteiger partial charge in [0.05, 0.1) is 0 Å². The highest BCUT2D eigenvalue weighted by atomic mass is 79.9. The number of benzene rings is 1. The average molecular weight is 324 g/mol. The van der Waals surface area contributed by atoms with E-state index in [0.717, 1.165) is 10.4 Å². The summed E-state index contributed by atoms with van der Waals surface area (Å²) in [5, 5.41) is 3.82. The fourth-order valence-corrected chi connectivity index (χ4v) is 3.42. The minimum Gasteiger partial charge on any atom is -0.307 e. The van der Waals surface area contributed by atoms with Crippen LogP contribution in [0.2, 0.25) is 0 Å². The summed E-state index contributed by atoms with van der Waals surface area (Å²) in [5.41, 5.74) is 1.39. The molecule has 1 aliphatic rings. The predicted octanol–water partition coefficient (Wildman–Crippen LogP) is 5.46. The van der Waals surface area contributed by atoms with Crippen LogP contribution in [0.1, 0.15) is 64.0 Å². The summed E-state index contributed by atoms with van der Waals surface area (Å²) in [6.45, 7) is 4.62. The van der Waals surface area contributed by atoms with Crippen molar-refractivity contribution in [2.24, 2.45) is 5.92 Å². The molecule has 0 spiro atoms. The van der Waals surface area contributed by atoms with Crippen molar-refractivity contribution in [2.45, 2.75) is 64.5 Å². The molecule has 2 unspecified atom stereocenters. The maximum absolute atomic E-state index is 3.82. The van der Waals surface area contributed by atoms with E-state index in [0.29, 0.717) is 12.1 Å². The molecule has 0 bridgehead atoms. The van der Waals surface area contributed by atoms with Gasteiger partial charge in [-0.1, -0.05) is 54.2 Å². The number of hydrogen-bond donors (Lipinski definition) is 1. The third-order valence-electron chi connectivity index (χ3n) is 4.52. The van der Waals surface area contributed by atoms with Crippen LogP contribution in [-0.4, -0.2) is 6.04 Å². The first-order chi connectivity index (χ1) is 9.19. The van der Waals surface area contributed by atoms with Gasteiger partial charge >= 0.3 is 0 Å². The van der Waals surface area contributed by atoms with Gasteiger partial charge in [-0.2, -0.15) is 0 Å². The molecule has 1 aliphatic carbocycles. The quantitative estimate of drug-likeness (QED) is 0.725. The number of nitrogens with one attached hydrogen (secondary N) is 1. The Hall–Kier alpha value is -0.340. The summed E-state index contributed by atoms with van der Waals surface area (Å²) < 4.78 is 1.16. The predicted molar refractivity (Wildman–Crippen MR) is 86.3 cm³/mol. The summed E-state index contributed by atoms with van der Waals surface area (Å²) in [5.74, 6) is 0.967. The maximum Gasteiger partial charge on any atom is 0.0294 e. The van der Waals surface area contributed by atoms with E-state index in [-0.39, 0.29) is 0 Å². The van der Waals surface area contributed by atoms with Crippen molar-refractivity contribution in [3.8, 4) is 0 Å². The van der Waals surface area contributed by atoms with Crippen LogP contribution in [-0.2, 0) is 0 Å². The first-order valence-electron chi connectivity index (χ1n) is 7.70. The first-order valence-corrected chi connectivity index (χ1v) is 8.50. The van der Waals surface area contributed by atoms with Gasteiger partial charge in [-0.15, -0.1) is 0 Å². The van der Waals surface area contributed by atoms with Crippen LogP contribution >= 0.6 is 15.9 Å². The molecule has 1 aromatic rings. The zero-order valence-electron chi connectivity index (χ0n) is 12.2. The Kier molecular flexibility index (Phi) is 5.90. The Morgan fingerprint density at radius 3 is 2.58 bits per heavy atom. The molecule has 0 saturated heterocycles. The van der Waals surface area contributed by atoms with Crippen LogP contribution in [0.15, 0.2) is 28.7 Å². The van der Waals surface area contributed by atoms with E-state index in [9.17, 15) is 0 Å². The van der Waals surface area contributed by atoms with Gasteiger partial charge in [0.25, 0.3) is 0 Å². The SMILES string of the molecule is CCC1CCCC(N[C@H](C)c2ccc(Br)cc2)CC1. The van der Waals surface area contributed by atoms with E-state index in [1.807, 2.05) is 0 Å². The third kappa shape index (κ3) is 4.61. The number of hydrogen-bond acceptors (Lipinski definition) is 1. The molecule has 1 nitrogen and oxygen atoms in total. The Bertz CT molecular complexity index is 373. The normalized spacial score (nSPS) is 25.8. The van der Waals surface area contributed by atoms with E-state index in [4.69, 9.17) is 0 Å². The second kappa shape index (κ2) is 7.44. The van der Waals surface area contributed by atoms with Gasteiger partial charge < -0.3 is 5.32 Å². The molecule has 0 aromatic heterocycles. The van der Waals surface area contributed by atoms with Crippen LogP contribution < -0.4 is 5.32 Å². The fourth-order valence-electron chi connectivity index (χ4n) is 3.15. The molecule has 106 valence electrons. The van der Waals surface area contributed by atoms with Gasteiger partial charge in [-0.05, 0) is 49.8 Å². The lowest BCUT2D eigenvalue weighted by atomic mass is 9.97. The summed E-state index contributed by atoms with van der Waals surface area (Å²) in [6.07, 6.45) is 8.28. The van der Waals surface area contributed by atoms with Crippen molar-refractivity contribution in [3.63, 3.8) is 0 Å². The van der Waals surface area contributed by atoms with E-state index in [1.165, 1.54) is 44.1 Å². The van der Waals surface area contributed by atoms with Crippen LogP contribution in [0.4, 0.5) is 0 Å². The molecule has 1 fully saturated rings. The van der Waals surface area contributed by atoms with Crippen molar-refractivity contribution < 1.29 is 0 Å². The number of rotatable bonds is 4. The topological polar surface area (TPSA) is 12.0 Å². The average Bonchev–Trinajstić information content (AvgIpc) is 2.64. The largest absolute Gasteiger partial charge is 0.307 e. The summed E-state index contributed by atoms with van der Waals surface area (Å²) >= 11 is 3.50.